The van der Waals surface area contributed by atoms with Crippen molar-refractivity contribution in [3.8, 4) is 0 Å². The third kappa shape index (κ3) is 0.726. The fourth-order valence-corrected chi connectivity index (χ4v) is 12.4. The van der Waals surface area contributed by atoms with Crippen molar-refractivity contribution in [3.05, 3.63) is 11.1 Å². The minimum atomic E-state index is 1.12. The van der Waals surface area contributed by atoms with Crippen LogP contribution in [-0.2, 0) is 0 Å². The van der Waals surface area contributed by atoms with E-state index in [1.54, 1.807) is 38.5 Å². The van der Waals surface area contributed by atoms with Crippen LogP contribution < -0.4 is 0 Å². The van der Waals surface area contributed by atoms with Crippen molar-refractivity contribution < 1.29 is 0 Å². The van der Waals surface area contributed by atoms with Gasteiger partial charge in [-0.2, -0.15) is 0 Å². The molecule has 0 N–H and O–H groups in total. The van der Waals surface area contributed by atoms with E-state index in [0.717, 1.165) is 23.7 Å². The van der Waals surface area contributed by atoms with E-state index in [-0.39, 0.29) is 0 Å². The molecule has 22 heavy (non-hydrogen) atoms. The molecule has 10 aliphatic carbocycles. The average Bonchev–Trinajstić information content (AvgIpc) is 3.26. The average molecular weight is 290 g/mol. The predicted molar refractivity (Wildman–Crippen MR) is 83.6 cm³/mol. The summed E-state index contributed by atoms with van der Waals surface area (Å²) in [6, 6.07) is 0. The Hall–Kier alpha value is -0.260. The van der Waals surface area contributed by atoms with E-state index in [1.165, 1.54) is 59.2 Å². The highest BCUT2D eigenvalue weighted by Crippen LogP contribution is 2.84. The van der Waals surface area contributed by atoms with Gasteiger partial charge in [-0.3, -0.25) is 0 Å². The van der Waals surface area contributed by atoms with Gasteiger partial charge in [0.15, 0.2) is 0 Å². The largest absolute Gasteiger partial charge is 0.0636 e. The Kier molecular flexibility index (Phi) is 1.34. The van der Waals surface area contributed by atoms with Crippen LogP contribution in [0.1, 0.15) is 38.5 Å². The summed E-state index contributed by atoms with van der Waals surface area (Å²) < 4.78 is 0. The van der Waals surface area contributed by atoms with Crippen molar-refractivity contribution in [1.82, 2.24) is 0 Å². The molecule has 10 rings (SSSR count). The van der Waals surface area contributed by atoms with Crippen LogP contribution in [0, 0.1) is 82.9 Å². The third-order valence-corrected chi connectivity index (χ3v) is 11.8. The molecule has 0 heterocycles. The molecule has 0 heteroatoms. The second kappa shape index (κ2) is 2.80. The second-order valence-electron chi connectivity index (χ2n) is 11.1. The summed E-state index contributed by atoms with van der Waals surface area (Å²) in [6.07, 6.45) is 9.94. The van der Waals surface area contributed by atoms with Gasteiger partial charge >= 0.3 is 0 Å². The van der Waals surface area contributed by atoms with E-state index in [0.29, 0.717) is 0 Å². The normalized spacial score (nSPS) is 78.5. The smallest absolute Gasteiger partial charge is 0.0158 e. The maximum absolute atomic E-state index is 2.18. The van der Waals surface area contributed by atoms with Crippen molar-refractivity contribution in [2.75, 3.05) is 0 Å². The zero-order valence-electron chi connectivity index (χ0n) is 13.3. The minimum Gasteiger partial charge on any atom is -0.0636 e. The highest BCUT2D eigenvalue weighted by molar-refractivity contribution is 5.45. The van der Waals surface area contributed by atoms with E-state index in [1.807, 2.05) is 0 Å². The van der Waals surface area contributed by atoms with E-state index >= 15 is 0 Å². The second-order valence-corrected chi connectivity index (χ2v) is 11.1. The molecule has 7 fully saturated rings. The fraction of sp³-hybridized carbons (Fsp3) is 0.909. The third-order valence-electron chi connectivity index (χ3n) is 11.8. The summed E-state index contributed by atoms with van der Waals surface area (Å²) in [5, 5.41) is 0. The van der Waals surface area contributed by atoms with Crippen LogP contribution in [0.5, 0.6) is 0 Å². The number of hydrogen-bond acceptors (Lipinski definition) is 0. The molecule has 7 saturated carbocycles. The van der Waals surface area contributed by atoms with Gasteiger partial charge in [-0.05, 0) is 121 Å². The molecule has 0 spiro atoms. The van der Waals surface area contributed by atoms with Crippen molar-refractivity contribution in [3.63, 3.8) is 0 Å². The van der Waals surface area contributed by atoms with E-state index in [4.69, 9.17) is 0 Å². The number of hydrogen-bond donors (Lipinski definition) is 0. The number of allylic oxidation sites excluding steroid dienone is 2. The van der Waals surface area contributed by atoms with Gasteiger partial charge in [0.05, 0.1) is 0 Å². The first-order valence-electron chi connectivity index (χ1n) is 10.7. The maximum atomic E-state index is 2.18. The van der Waals surface area contributed by atoms with Crippen LogP contribution in [0.15, 0.2) is 11.1 Å². The maximum Gasteiger partial charge on any atom is -0.0158 e. The van der Waals surface area contributed by atoms with Crippen molar-refractivity contribution in [2.24, 2.45) is 82.9 Å². The summed E-state index contributed by atoms with van der Waals surface area (Å²) in [6.45, 7) is 0. The monoisotopic (exact) mass is 290 g/mol. The number of rotatable bonds is 0. The first kappa shape index (κ1) is 10.6. The van der Waals surface area contributed by atoms with Gasteiger partial charge in [0.25, 0.3) is 0 Å². The van der Waals surface area contributed by atoms with Gasteiger partial charge in [0.1, 0.15) is 0 Å². The van der Waals surface area contributed by atoms with Crippen molar-refractivity contribution in [2.45, 2.75) is 38.5 Å². The lowest BCUT2D eigenvalue weighted by Gasteiger charge is -2.67. The zero-order chi connectivity index (χ0) is 13.5. The number of fused-ring (bicyclic) bond motifs is 2. The molecule has 2 unspecified atom stereocenters. The Morgan fingerprint density at radius 3 is 1.45 bits per heavy atom. The van der Waals surface area contributed by atoms with Crippen LogP contribution >= 0.6 is 0 Å². The Balaban J connectivity index is 1.49. The molecule has 0 aromatic heterocycles. The lowest BCUT2D eigenvalue weighted by molar-refractivity contribution is -0.152. The minimum absolute atomic E-state index is 1.12. The van der Waals surface area contributed by atoms with Crippen molar-refractivity contribution >= 4 is 0 Å². The van der Waals surface area contributed by atoms with E-state index < -0.39 is 0 Å². The Morgan fingerprint density at radius 2 is 0.909 bits per heavy atom. The van der Waals surface area contributed by atoms with E-state index in [9.17, 15) is 0 Å². The van der Waals surface area contributed by atoms with Crippen molar-refractivity contribution in [1.29, 1.82) is 0 Å². The summed E-state index contributed by atoms with van der Waals surface area (Å²) in [7, 11) is 0. The first-order chi connectivity index (χ1) is 10.9. The quantitative estimate of drug-likeness (QED) is 0.581. The van der Waals surface area contributed by atoms with Gasteiger partial charge in [-0.15, -0.1) is 0 Å². The highest BCUT2D eigenvalue weighted by Gasteiger charge is 2.78. The van der Waals surface area contributed by atoms with Gasteiger partial charge in [0.2, 0.25) is 0 Å². The highest BCUT2D eigenvalue weighted by atomic mass is 14.8. The van der Waals surface area contributed by atoms with Gasteiger partial charge in [-0.1, -0.05) is 11.1 Å². The van der Waals surface area contributed by atoms with Gasteiger partial charge in [0, 0.05) is 0 Å². The molecule has 0 aromatic carbocycles. The lowest BCUT2D eigenvalue weighted by Crippen LogP contribution is -2.61. The zero-order valence-corrected chi connectivity index (χ0v) is 13.3. The van der Waals surface area contributed by atoms with Gasteiger partial charge < -0.3 is 0 Å². The molecule has 0 aliphatic heterocycles. The molecule has 0 nitrogen and oxygen atoms in total. The Morgan fingerprint density at radius 1 is 0.409 bits per heavy atom. The molecule has 14 atom stereocenters. The molecule has 0 amide bonds. The Labute approximate surface area is 133 Å². The lowest BCUT2D eigenvalue weighted by atomic mass is 9.37. The van der Waals surface area contributed by atoms with Gasteiger partial charge in [-0.25, -0.2) is 0 Å². The summed E-state index contributed by atoms with van der Waals surface area (Å²) in [5.74, 6) is 16.7. The van der Waals surface area contributed by atoms with E-state index in [2.05, 4.69) is 11.1 Å². The molecule has 4 bridgehead atoms. The van der Waals surface area contributed by atoms with Crippen LogP contribution in [0.3, 0.4) is 0 Å². The van der Waals surface area contributed by atoms with Crippen LogP contribution in [0.4, 0.5) is 0 Å². The molecule has 10 aliphatic rings. The van der Waals surface area contributed by atoms with Crippen LogP contribution in [-0.4, -0.2) is 0 Å². The molecule has 0 saturated heterocycles. The molecule has 0 radical (unpaired) electrons. The van der Waals surface area contributed by atoms with Crippen LogP contribution in [0.2, 0.25) is 0 Å². The molecule has 0 aromatic rings. The summed E-state index contributed by atoms with van der Waals surface area (Å²) in [5.41, 5.74) is 4.37. The topological polar surface area (TPSA) is 0 Å². The summed E-state index contributed by atoms with van der Waals surface area (Å²) in [4.78, 5) is 0. The van der Waals surface area contributed by atoms with Crippen LogP contribution in [0.25, 0.3) is 0 Å². The SMILES string of the molecule is C1C[C@H]2[C@@H]3[C@H]4[C@@H]1[C@@H]1[C@@H]2[C@H]2C[C@H]5C6=C([C@H]7C[C@@H]1C2C75)[C@H]4CC[C@@H]63. The first-order valence-corrected chi connectivity index (χ1v) is 10.7. The molecular weight excluding hydrogens is 264 g/mol. The molecular formula is C22H26. The fourth-order valence-electron chi connectivity index (χ4n) is 12.4. The molecule has 114 valence electrons. The predicted octanol–water partition coefficient (Wildman–Crippen LogP) is 4.37. The standard InChI is InChI=1S/C22H26/c1-2-8-16-10-4-3-9-15(16)7(1)17-11-5-13-19(9)20(10)14-6-12(18(8)17)21(11)22(13)14/h7-18,21-22H,1-6H2/t7-,8+,9+,10-,11+,12-,13-,14+,15-,16-,17-,18-,21?,22?/m0/s1. The summed E-state index contributed by atoms with van der Waals surface area (Å²) >= 11 is 0. The Bertz CT molecular complexity index is 630.